The lowest BCUT2D eigenvalue weighted by Crippen LogP contribution is -2.25. The van der Waals surface area contributed by atoms with Gasteiger partial charge in [0.1, 0.15) is 17.2 Å². The van der Waals surface area contributed by atoms with Crippen molar-refractivity contribution in [3.05, 3.63) is 107 Å². The zero-order valence-corrected chi connectivity index (χ0v) is 19.5. The molecule has 0 saturated carbocycles. The average molecular weight is 461 g/mol. The van der Waals surface area contributed by atoms with Crippen molar-refractivity contribution in [3.63, 3.8) is 0 Å². The molecule has 4 aromatic carbocycles. The minimum absolute atomic E-state index is 0.168. The zero-order valence-electron chi connectivity index (χ0n) is 17.8. The normalized spacial score (nSPS) is 13.0. The van der Waals surface area contributed by atoms with E-state index in [4.69, 9.17) is 0 Å². The third-order valence-electron chi connectivity index (χ3n) is 5.83. The Morgan fingerprint density at radius 1 is 0.656 bits per heavy atom. The fraction of sp³-hybridized carbons (Fsp3) is 0.111. The topological polar surface area (TPSA) is 60.7 Å². The Hall–Kier alpha value is -3.02. The van der Waals surface area contributed by atoms with Crippen LogP contribution in [-0.2, 0) is 5.41 Å². The molecule has 0 aromatic heterocycles. The summed E-state index contributed by atoms with van der Waals surface area (Å²) >= 11 is 5.89. The van der Waals surface area contributed by atoms with Gasteiger partial charge in [-0.3, -0.25) is 0 Å². The molecular formula is C27H24O3S2. The second kappa shape index (κ2) is 8.85. The lowest BCUT2D eigenvalue weighted by Gasteiger charge is -2.32. The summed E-state index contributed by atoms with van der Waals surface area (Å²) in [5.41, 5.74) is 3.52. The summed E-state index contributed by atoms with van der Waals surface area (Å²) in [6, 6.07) is 26.7. The Balaban J connectivity index is 1.75. The Bertz CT molecular complexity index is 1250. The van der Waals surface area contributed by atoms with E-state index in [0.717, 1.165) is 32.0 Å². The van der Waals surface area contributed by atoms with Crippen molar-refractivity contribution in [3.8, 4) is 17.2 Å². The van der Waals surface area contributed by atoms with Gasteiger partial charge in [-0.05, 0) is 84.6 Å². The van der Waals surface area contributed by atoms with Gasteiger partial charge in [0.2, 0.25) is 0 Å². The molecule has 32 heavy (non-hydrogen) atoms. The van der Waals surface area contributed by atoms with Gasteiger partial charge in [0, 0.05) is 20.1 Å². The third-order valence-corrected chi connectivity index (χ3v) is 7.19. The highest BCUT2D eigenvalue weighted by Crippen LogP contribution is 2.41. The average Bonchev–Trinajstić information content (AvgIpc) is 2.78. The molecule has 162 valence electrons. The molecule has 1 unspecified atom stereocenters. The second-order valence-electron chi connectivity index (χ2n) is 7.95. The summed E-state index contributed by atoms with van der Waals surface area (Å²) in [6.45, 7) is 4.05. The van der Waals surface area contributed by atoms with Crippen LogP contribution in [0.1, 0.15) is 29.2 Å². The van der Waals surface area contributed by atoms with E-state index in [2.05, 4.69) is 43.8 Å². The number of aryl methyl sites for hydroxylation is 1. The van der Waals surface area contributed by atoms with E-state index >= 15 is 0 Å². The van der Waals surface area contributed by atoms with Crippen LogP contribution in [0.5, 0.6) is 17.2 Å². The van der Waals surface area contributed by atoms with Gasteiger partial charge in [0.25, 0.3) is 0 Å². The van der Waals surface area contributed by atoms with Crippen LogP contribution >= 0.6 is 24.4 Å². The van der Waals surface area contributed by atoms with E-state index in [9.17, 15) is 15.3 Å². The SMILES string of the molecule is Cc1cc(C(C)(c2ccc(O)cc2)c2ccc(Sc3ccc(O)c(S)c3)cc2)ccc1O. The van der Waals surface area contributed by atoms with Crippen molar-refractivity contribution >= 4 is 24.4 Å². The Kier molecular flexibility index (Phi) is 6.13. The second-order valence-corrected chi connectivity index (χ2v) is 9.58. The first kappa shape index (κ1) is 22.2. The first-order chi connectivity index (χ1) is 15.3. The van der Waals surface area contributed by atoms with Gasteiger partial charge >= 0.3 is 0 Å². The fourth-order valence-electron chi connectivity index (χ4n) is 3.82. The molecular weight excluding hydrogens is 436 g/mol. The van der Waals surface area contributed by atoms with E-state index in [1.165, 1.54) is 0 Å². The number of phenols is 3. The molecule has 0 heterocycles. The molecule has 1 atom stereocenters. The maximum Gasteiger partial charge on any atom is 0.128 e. The summed E-state index contributed by atoms with van der Waals surface area (Å²) in [4.78, 5) is 2.62. The number of phenolic OH excluding ortho intramolecular Hbond substituents is 3. The van der Waals surface area contributed by atoms with Crippen LogP contribution in [0, 0.1) is 6.92 Å². The van der Waals surface area contributed by atoms with Crippen LogP contribution in [0.4, 0.5) is 0 Å². The molecule has 4 rings (SSSR count). The lowest BCUT2D eigenvalue weighted by atomic mass is 9.71. The van der Waals surface area contributed by atoms with E-state index in [0.29, 0.717) is 4.90 Å². The predicted molar refractivity (Wildman–Crippen MR) is 132 cm³/mol. The monoisotopic (exact) mass is 460 g/mol. The van der Waals surface area contributed by atoms with Crippen LogP contribution in [0.25, 0.3) is 0 Å². The van der Waals surface area contributed by atoms with Crippen molar-refractivity contribution in [2.45, 2.75) is 33.9 Å². The van der Waals surface area contributed by atoms with Crippen LogP contribution in [0.15, 0.2) is 99.6 Å². The molecule has 0 aliphatic rings. The molecule has 0 bridgehead atoms. The molecule has 0 amide bonds. The van der Waals surface area contributed by atoms with Crippen molar-refractivity contribution in [2.24, 2.45) is 0 Å². The molecule has 0 aliphatic carbocycles. The summed E-state index contributed by atoms with van der Waals surface area (Å²) < 4.78 is 0. The molecule has 0 aliphatic heterocycles. The Labute approximate surface area is 197 Å². The zero-order chi connectivity index (χ0) is 22.9. The van der Waals surface area contributed by atoms with Crippen molar-refractivity contribution < 1.29 is 15.3 Å². The van der Waals surface area contributed by atoms with Crippen LogP contribution in [0.3, 0.4) is 0 Å². The number of thiol groups is 1. The van der Waals surface area contributed by atoms with Gasteiger partial charge in [-0.15, -0.1) is 12.6 Å². The summed E-state index contributed by atoms with van der Waals surface area (Å²) in [6.07, 6.45) is 0. The van der Waals surface area contributed by atoms with Gasteiger partial charge in [-0.2, -0.15) is 0 Å². The third kappa shape index (κ3) is 4.31. The predicted octanol–water partition coefficient (Wildman–Crippen LogP) is 6.91. The molecule has 0 radical (unpaired) electrons. The Morgan fingerprint density at radius 3 is 1.78 bits per heavy atom. The van der Waals surface area contributed by atoms with Gasteiger partial charge in [-0.1, -0.05) is 48.2 Å². The lowest BCUT2D eigenvalue weighted by molar-refractivity contribution is 0.462. The number of hydrogen-bond acceptors (Lipinski definition) is 5. The van der Waals surface area contributed by atoms with Crippen LogP contribution in [-0.4, -0.2) is 15.3 Å². The minimum Gasteiger partial charge on any atom is -0.508 e. The van der Waals surface area contributed by atoms with Crippen molar-refractivity contribution in [1.29, 1.82) is 0 Å². The van der Waals surface area contributed by atoms with Gasteiger partial charge < -0.3 is 15.3 Å². The highest BCUT2D eigenvalue weighted by Gasteiger charge is 2.31. The molecule has 4 aromatic rings. The molecule has 0 spiro atoms. The van der Waals surface area contributed by atoms with Gasteiger partial charge in [-0.25, -0.2) is 0 Å². The van der Waals surface area contributed by atoms with Crippen LogP contribution < -0.4 is 0 Å². The number of hydrogen-bond donors (Lipinski definition) is 4. The van der Waals surface area contributed by atoms with E-state index < -0.39 is 5.41 Å². The van der Waals surface area contributed by atoms with E-state index in [1.54, 1.807) is 36.0 Å². The largest absolute Gasteiger partial charge is 0.508 e. The highest BCUT2D eigenvalue weighted by atomic mass is 32.2. The maximum absolute atomic E-state index is 10.0. The van der Waals surface area contributed by atoms with Crippen molar-refractivity contribution in [2.75, 3.05) is 0 Å². The standard InChI is InChI=1S/C27H24O3S2/c1-17-15-20(7-13-24(17)29)27(2,18-3-8-21(28)9-4-18)19-5-10-22(11-6-19)32-23-12-14-25(30)26(31)16-23/h3-16,28-31H,1-2H3. The number of benzene rings is 4. The summed E-state index contributed by atoms with van der Waals surface area (Å²) in [5.74, 6) is 0.662. The quantitative estimate of drug-likeness (QED) is 0.193. The minimum atomic E-state index is -0.480. The fourth-order valence-corrected chi connectivity index (χ4v) is 4.98. The molecule has 3 nitrogen and oxygen atoms in total. The Morgan fingerprint density at radius 2 is 1.19 bits per heavy atom. The maximum atomic E-state index is 10.0. The molecule has 5 heteroatoms. The summed E-state index contributed by atoms with van der Waals surface area (Å²) in [5, 5.41) is 29.5. The van der Waals surface area contributed by atoms with Gasteiger partial charge in [0.05, 0.1) is 0 Å². The first-order valence-electron chi connectivity index (χ1n) is 10.2. The smallest absolute Gasteiger partial charge is 0.128 e. The number of rotatable bonds is 5. The first-order valence-corrected chi connectivity index (χ1v) is 11.4. The number of aromatic hydroxyl groups is 3. The summed E-state index contributed by atoms with van der Waals surface area (Å²) in [7, 11) is 0. The van der Waals surface area contributed by atoms with Crippen molar-refractivity contribution in [1.82, 2.24) is 0 Å². The van der Waals surface area contributed by atoms with Gasteiger partial charge in [0.15, 0.2) is 0 Å². The molecule has 3 N–H and O–H groups in total. The molecule has 0 fully saturated rings. The molecule has 0 saturated heterocycles. The highest BCUT2D eigenvalue weighted by molar-refractivity contribution is 7.99. The van der Waals surface area contributed by atoms with Crippen LogP contribution in [0.2, 0.25) is 0 Å². The van der Waals surface area contributed by atoms with E-state index in [-0.39, 0.29) is 17.2 Å². The van der Waals surface area contributed by atoms with E-state index in [1.807, 2.05) is 43.3 Å².